The molecule has 0 radical (unpaired) electrons. The summed E-state index contributed by atoms with van der Waals surface area (Å²) in [6.07, 6.45) is 2.51. The van der Waals surface area contributed by atoms with E-state index in [1.165, 1.54) is 12.8 Å². The first-order chi connectivity index (χ1) is 8.60. The van der Waals surface area contributed by atoms with Gasteiger partial charge in [-0.25, -0.2) is 0 Å². The number of rotatable bonds is 6. The number of nitrogens with one attached hydrogen (secondary N) is 2. The van der Waals surface area contributed by atoms with E-state index in [-0.39, 0.29) is 10.6 Å². The molecule has 5 heteroatoms. The fourth-order valence-corrected chi connectivity index (χ4v) is 2.08. The van der Waals surface area contributed by atoms with Crippen LogP contribution < -0.4 is 10.6 Å². The zero-order valence-corrected chi connectivity index (χ0v) is 10.8. The molecule has 1 atom stereocenters. The van der Waals surface area contributed by atoms with Crippen LogP contribution in [0.5, 0.6) is 0 Å². The highest BCUT2D eigenvalue weighted by Crippen LogP contribution is 2.35. The highest BCUT2D eigenvalue weighted by Gasteiger charge is 2.28. The number of nitrogens with zero attached hydrogens (tertiary/aromatic N) is 1. The molecule has 18 heavy (non-hydrogen) atoms. The van der Waals surface area contributed by atoms with E-state index >= 15 is 0 Å². The van der Waals surface area contributed by atoms with Gasteiger partial charge in [-0.1, -0.05) is 0 Å². The van der Waals surface area contributed by atoms with E-state index < -0.39 is 0 Å². The zero-order valence-electron chi connectivity index (χ0n) is 10.8. The molecule has 0 aromatic heterocycles. The second-order valence-electron chi connectivity index (χ2n) is 4.83. The molecule has 1 fully saturated rings. The van der Waals surface area contributed by atoms with E-state index in [0.717, 1.165) is 17.9 Å². The molecule has 1 aromatic carbocycles. The highest BCUT2D eigenvalue weighted by atomic mass is 16.6. The van der Waals surface area contributed by atoms with Crippen molar-refractivity contribution in [2.45, 2.75) is 32.7 Å². The summed E-state index contributed by atoms with van der Waals surface area (Å²) in [7, 11) is 0. The van der Waals surface area contributed by atoms with Gasteiger partial charge in [-0.2, -0.15) is 0 Å². The van der Waals surface area contributed by atoms with E-state index in [9.17, 15) is 10.1 Å². The van der Waals surface area contributed by atoms with Gasteiger partial charge in [0.2, 0.25) is 0 Å². The Morgan fingerprint density at radius 2 is 2.06 bits per heavy atom. The van der Waals surface area contributed by atoms with Crippen LogP contribution in [-0.4, -0.2) is 17.5 Å². The van der Waals surface area contributed by atoms with Gasteiger partial charge in [-0.3, -0.25) is 10.1 Å². The quantitative estimate of drug-likeness (QED) is 0.600. The van der Waals surface area contributed by atoms with Crippen molar-refractivity contribution < 1.29 is 4.92 Å². The molecule has 0 spiro atoms. The number of benzene rings is 1. The van der Waals surface area contributed by atoms with E-state index in [1.807, 2.05) is 13.0 Å². The van der Waals surface area contributed by atoms with Crippen LogP contribution in [-0.2, 0) is 0 Å². The summed E-state index contributed by atoms with van der Waals surface area (Å²) in [4.78, 5) is 10.5. The predicted octanol–water partition coefficient (Wildman–Crippen LogP) is 3.24. The lowest BCUT2D eigenvalue weighted by Crippen LogP contribution is -2.17. The third kappa shape index (κ3) is 3.12. The molecule has 1 aliphatic carbocycles. The Bertz CT molecular complexity index is 444. The number of anilines is 2. The largest absolute Gasteiger partial charge is 0.385 e. The Kier molecular flexibility index (Phi) is 3.69. The number of nitro benzene ring substituents is 1. The standard InChI is InChI=1S/C13H19N3O2/c1-3-14-11-6-12(8-13(7-11)16(17)18)15-9(2)10-4-5-10/h6-10,14-15H,3-5H2,1-2H3. The van der Waals surface area contributed by atoms with Gasteiger partial charge < -0.3 is 10.6 Å². The average Bonchev–Trinajstić information content (AvgIpc) is 3.12. The summed E-state index contributed by atoms with van der Waals surface area (Å²) in [5.74, 6) is 0.715. The zero-order chi connectivity index (χ0) is 13.1. The Labute approximate surface area is 107 Å². The van der Waals surface area contributed by atoms with Gasteiger partial charge >= 0.3 is 0 Å². The number of hydrogen-bond acceptors (Lipinski definition) is 4. The highest BCUT2D eigenvalue weighted by molar-refractivity contribution is 5.63. The smallest absolute Gasteiger partial charge is 0.273 e. The minimum Gasteiger partial charge on any atom is -0.385 e. The third-order valence-electron chi connectivity index (χ3n) is 3.23. The predicted molar refractivity (Wildman–Crippen MR) is 73.1 cm³/mol. The fourth-order valence-electron chi connectivity index (χ4n) is 2.08. The number of nitro groups is 1. The van der Waals surface area contributed by atoms with E-state index in [2.05, 4.69) is 17.6 Å². The maximum Gasteiger partial charge on any atom is 0.273 e. The molecule has 1 aromatic rings. The molecule has 0 heterocycles. The molecule has 1 saturated carbocycles. The maximum atomic E-state index is 10.9. The van der Waals surface area contributed by atoms with Crippen molar-refractivity contribution in [2.24, 2.45) is 5.92 Å². The molecule has 0 aliphatic heterocycles. The summed E-state index contributed by atoms with van der Waals surface area (Å²) >= 11 is 0. The molecule has 5 nitrogen and oxygen atoms in total. The van der Waals surface area contributed by atoms with Crippen LogP contribution in [0.1, 0.15) is 26.7 Å². The van der Waals surface area contributed by atoms with Crippen LogP contribution in [0, 0.1) is 16.0 Å². The second kappa shape index (κ2) is 5.25. The lowest BCUT2D eigenvalue weighted by atomic mass is 10.2. The monoisotopic (exact) mass is 249 g/mol. The summed E-state index contributed by atoms with van der Waals surface area (Å²) in [6.45, 7) is 4.85. The SMILES string of the molecule is CCNc1cc(NC(C)C2CC2)cc([N+](=O)[O-])c1. The van der Waals surface area contributed by atoms with E-state index in [0.29, 0.717) is 12.0 Å². The van der Waals surface area contributed by atoms with Crippen molar-refractivity contribution >= 4 is 17.1 Å². The van der Waals surface area contributed by atoms with Gasteiger partial charge in [0, 0.05) is 36.1 Å². The van der Waals surface area contributed by atoms with E-state index in [1.54, 1.807) is 12.1 Å². The number of hydrogen-bond donors (Lipinski definition) is 2. The summed E-state index contributed by atoms with van der Waals surface area (Å²) in [6, 6.07) is 5.47. The minimum absolute atomic E-state index is 0.124. The molecular formula is C13H19N3O2. The Morgan fingerprint density at radius 1 is 1.39 bits per heavy atom. The summed E-state index contributed by atoms with van der Waals surface area (Å²) in [5.41, 5.74) is 1.73. The molecule has 2 N–H and O–H groups in total. The van der Waals surface area contributed by atoms with Gasteiger partial charge in [0.1, 0.15) is 0 Å². The third-order valence-corrected chi connectivity index (χ3v) is 3.23. The number of non-ortho nitro benzene ring substituents is 1. The summed E-state index contributed by atoms with van der Waals surface area (Å²) in [5, 5.41) is 17.4. The van der Waals surface area contributed by atoms with Crippen LogP contribution in [0.25, 0.3) is 0 Å². The lowest BCUT2D eigenvalue weighted by molar-refractivity contribution is -0.384. The van der Waals surface area contributed by atoms with Gasteiger partial charge in [0.15, 0.2) is 0 Å². The molecule has 98 valence electrons. The topological polar surface area (TPSA) is 67.2 Å². The van der Waals surface area contributed by atoms with Crippen molar-refractivity contribution in [1.29, 1.82) is 0 Å². The first-order valence-corrected chi connectivity index (χ1v) is 6.40. The average molecular weight is 249 g/mol. The molecule has 0 amide bonds. The first kappa shape index (κ1) is 12.7. The molecule has 1 unspecified atom stereocenters. The first-order valence-electron chi connectivity index (χ1n) is 6.40. The van der Waals surface area contributed by atoms with Gasteiger partial charge in [-0.05, 0) is 38.7 Å². The maximum absolute atomic E-state index is 10.9. The Balaban J connectivity index is 2.18. The van der Waals surface area contributed by atoms with Crippen molar-refractivity contribution in [3.8, 4) is 0 Å². The lowest BCUT2D eigenvalue weighted by Gasteiger charge is -2.15. The van der Waals surface area contributed by atoms with Crippen LogP contribution in [0.3, 0.4) is 0 Å². The second-order valence-corrected chi connectivity index (χ2v) is 4.83. The molecule has 0 saturated heterocycles. The van der Waals surface area contributed by atoms with Crippen molar-refractivity contribution in [3.05, 3.63) is 28.3 Å². The van der Waals surface area contributed by atoms with Crippen LogP contribution in [0.15, 0.2) is 18.2 Å². The van der Waals surface area contributed by atoms with Gasteiger partial charge in [0.05, 0.1) is 4.92 Å². The van der Waals surface area contributed by atoms with Crippen LogP contribution in [0.4, 0.5) is 17.1 Å². The van der Waals surface area contributed by atoms with Crippen LogP contribution in [0.2, 0.25) is 0 Å². The minimum atomic E-state index is -0.353. The molecule has 1 aliphatic rings. The Morgan fingerprint density at radius 3 is 2.61 bits per heavy atom. The Hall–Kier alpha value is -1.78. The molecule has 2 rings (SSSR count). The van der Waals surface area contributed by atoms with Crippen molar-refractivity contribution in [3.63, 3.8) is 0 Å². The van der Waals surface area contributed by atoms with Crippen molar-refractivity contribution in [2.75, 3.05) is 17.2 Å². The van der Waals surface area contributed by atoms with Gasteiger partial charge in [0.25, 0.3) is 5.69 Å². The summed E-state index contributed by atoms with van der Waals surface area (Å²) < 4.78 is 0. The fraction of sp³-hybridized carbons (Fsp3) is 0.538. The molecular weight excluding hydrogens is 230 g/mol. The molecule has 0 bridgehead atoms. The van der Waals surface area contributed by atoms with Crippen molar-refractivity contribution in [1.82, 2.24) is 0 Å². The van der Waals surface area contributed by atoms with Crippen LogP contribution >= 0.6 is 0 Å². The normalized spacial score (nSPS) is 16.1. The van der Waals surface area contributed by atoms with E-state index in [4.69, 9.17) is 0 Å². The van der Waals surface area contributed by atoms with Gasteiger partial charge in [-0.15, -0.1) is 0 Å².